The highest BCUT2D eigenvalue weighted by Crippen LogP contribution is 2.34. The van der Waals surface area contributed by atoms with Crippen molar-refractivity contribution in [3.05, 3.63) is 23.4 Å². The number of nitrogens with one attached hydrogen (secondary N) is 2. The predicted octanol–water partition coefficient (Wildman–Crippen LogP) is 2.49. The van der Waals surface area contributed by atoms with Crippen molar-refractivity contribution in [1.82, 2.24) is 10.3 Å². The normalized spacial score (nSPS) is 16.8. The van der Waals surface area contributed by atoms with Crippen LogP contribution in [-0.2, 0) is 0 Å². The molecule has 0 saturated heterocycles. The molecule has 0 bridgehead atoms. The molecule has 1 heterocycles. The minimum Gasteiger partial charge on any atom is -0.373 e. The molecule has 0 atom stereocenters. The first-order chi connectivity index (χ1) is 8.58. The van der Waals surface area contributed by atoms with Gasteiger partial charge in [-0.1, -0.05) is 6.92 Å². The summed E-state index contributed by atoms with van der Waals surface area (Å²) in [5.41, 5.74) is 1.58. The Balaban J connectivity index is 2.15. The Hall–Kier alpha value is -1.58. The molecule has 4 heteroatoms. The Morgan fingerprint density at radius 2 is 2.17 bits per heavy atom. The average Bonchev–Trinajstić information content (AvgIpc) is 2.32. The molecule has 0 radical (unpaired) electrons. The van der Waals surface area contributed by atoms with Crippen LogP contribution in [0.1, 0.15) is 48.7 Å². The molecule has 2 rings (SSSR count). The zero-order valence-corrected chi connectivity index (χ0v) is 11.3. The van der Waals surface area contributed by atoms with Crippen molar-refractivity contribution >= 4 is 11.7 Å². The minimum atomic E-state index is 0.0125. The van der Waals surface area contributed by atoms with E-state index >= 15 is 0 Å². The molecule has 0 aromatic carbocycles. The van der Waals surface area contributed by atoms with Crippen molar-refractivity contribution in [1.29, 1.82) is 0 Å². The molecule has 1 fully saturated rings. The highest BCUT2D eigenvalue weighted by Gasteiger charge is 2.36. The number of aryl methyl sites for hydroxylation is 1. The number of hydrogen-bond acceptors (Lipinski definition) is 3. The van der Waals surface area contributed by atoms with Gasteiger partial charge in [-0.15, -0.1) is 0 Å². The Bertz CT molecular complexity index is 447. The minimum absolute atomic E-state index is 0.0125. The van der Waals surface area contributed by atoms with Crippen molar-refractivity contribution in [3.8, 4) is 0 Å². The van der Waals surface area contributed by atoms with Crippen molar-refractivity contribution in [2.24, 2.45) is 0 Å². The van der Waals surface area contributed by atoms with E-state index in [2.05, 4.69) is 22.5 Å². The number of anilines is 1. The van der Waals surface area contributed by atoms with Crippen LogP contribution in [0.3, 0.4) is 0 Å². The molecule has 0 unspecified atom stereocenters. The van der Waals surface area contributed by atoms with Gasteiger partial charge >= 0.3 is 0 Å². The summed E-state index contributed by atoms with van der Waals surface area (Å²) in [6, 6.07) is 3.63. The van der Waals surface area contributed by atoms with Crippen molar-refractivity contribution in [2.45, 2.75) is 45.1 Å². The fraction of sp³-hybridized carbons (Fsp3) is 0.571. The van der Waals surface area contributed by atoms with Gasteiger partial charge in [0.2, 0.25) is 0 Å². The molecule has 1 amide bonds. The molecule has 0 spiro atoms. The maximum Gasteiger partial charge on any atom is 0.251 e. The molecular weight excluding hydrogens is 226 g/mol. The summed E-state index contributed by atoms with van der Waals surface area (Å²) in [4.78, 5) is 16.6. The lowest BCUT2D eigenvalue weighted by Gasteiger charge is -2.42. The van der Waals surface area contributed by atoms with Gasteiger partial charge in [-0.25, -0.2) is 4.98 Å². The second-order valence-corrected chi connectivity index (χ2v) is 5.07. The van der Waals surface area contributed by atoms with Crippen LogP contribution in [-0.4, -0.2) is 23.5 Å². The Morgan fingerprint density at radius 3 is 2.67 bits per heavy atom. The fourth-order valence-electron chi connectivity index (χ4n) is 2.41. The topological polar surface area (TPSA) is 54.0 Å². The van der Waals surface area contributed by atoms with Gasteiger partial charge in [0.15, 0.2) is 0 Å². The number of rotatable bonds is 4. The van der Waals surface area contributed by atoms with Crippen molar-refractivity contribution in [2.75, 3.05) is 12.4 Å². The van der Waals surface area contributed by atoms with Gasteiger partial charge in [-0.3, -0.25) is 4.79 Å². The Labute approximate surface area is 108 Å². The average molecular weight is 247 g/mol. The summed E-state index contributed by atoms with van der Waals surface area (Å²) in [7, 11) is 1.81. The van der Waals surface area contributed by atoms with Crippen LogP contribution in [0.25, 0.3) is 0 Å². The van der Waals surface area contributed by atoms with E-state index in [-0.39, 0.29) is 11.4 Å². The van der Waals surface area contributed by atoms with Gasteiger partial charge in [0, 0.05) is 23.8 Å². The van der Waals surface area contributed by atoms with Gasteiger partial charge < -0.3 is 10.6 Å². The van der Waals surface area contributed by atoms with Crippen LogP contribution in [0.15, 0.2) is 12.1 Å². The number of pyridine rings is 1. The van der Waals surface area contributed by atoms with E-state index in [0.29, 0.717) is 5.56 Å². The number of aromatic nitrogens is 1. The Kier molecular flexibility index (Phi) is 3.55. The molecule has 18 heavy (non-hydrogen) atoms. The van der Waals surface area contributed by atoms with Crippen LogP contribution in [0.2, 0.25) is 0 Å². The van der Waals surface area contributed by atoms with Crippen LogP contribution in [0, 0.1) is 6.92 Å². The highest BCUT2D eigenvalue weighted by atomic mass is 16.1. The molecule has 0 aliphatic heterocycles. The molecule has 4 nitrogen and oxygen atoms in total. The molecule has 2 N–H and O–H groups in total. The van der Waals surface area contributed by atoms with Gasteiger partial charge in [0.25, 0.3) is 5.91 Å². The summed E-state index contributed by atoms with van der Waals surface area (Å²) < 4.78 is 0. The van der Waals surface area contributed by atoms with Gasteiger partial charge in [0.05, 0.1) is 0 Å². The summed E-state index contributed by atoms with van der Waals surface area (Å²) in [5.74, 6) is 0.748. The van der Waals surface area contributed by atoms with Crippen LogP contribution < -0.4 is 10.6 Å². The van der Waals surface area contributed by atoms with E-state index in [4.69, 9.17) is 0 Å². The van der Waals surface area contributed by atoms with Crippen LogP contribution in [0.5, 0.6) is 0 Å². The molecule has 98 valence electrons. The Morgan fingerprint density at radius 1 is 1.44 bits per heavy atom. The first kappa shape index (κ1) is 12.9. The zero-order chi connectivity index (χ0) is 13.2. The SMILES string of the molecule is CCC1(NC(=O)c2cc(C)nc(NC)c2)CCC1. The predicted molar refractivity (Wildman–Crippen MR) is 72.9 cm³/mol. The van der Waals surface area contributed by atoms with E-state index < -0.39 is 0 Å². The number of hydrogen-bond donors (Lipinski definition) is 2. The maximum atomic E-state index is 12.3. The first-order valence-electron chi connectivity index (χ1n) is 6.57. The van der Waals surface area contributed by atoms with E-state index in [0.717, 1.165) is 30.8 Å². The quantitative estimate of drug-likeness (QED) is 0.859. The second-order valence-electron chi connectivity index (χ2n) is 5.07. The fourth-order valence-corrected chi connectivity index (χ4v) is 2.41. The second kappa shape index (κ2) is 4.96. The van der Waals surface area contributed by atoms with E-state index in [1.165, 1.54) is 6.42 Å². The molecule has 1 saturated carbocycles. The lowest BCUT2D eigenvalue weighted by molar-refractivity contribution is 0.0820. The molecule has 1 aliphatic carbocycles. The maximum absolute atomic E-state index is 12.3. The zero-order valence-electron chi connectivity index (χ0n) is 11.3. The van der Waals surface area contributed by atoms with Gasteiger partial charge in [0.1, 0.15) is 5.82 Å². The van der Waals surface area contributed by atoms with E-state index in [9.17, 15) is 4.79 Å². The molecule has 1 aromatic heterocycles. The smallest absolute Gasteiger partial charge is 0.251 e. The highest BCUT2D eigenvalue weighted by molar-refractivity contribution is 5.95. The number of amides is 1. The summed E-state index contributed by atoms with van der Waals surface area (Å²) >= 11 is 0. The first-order valence-corrected chi connectivity index (χ1v) is 6.57. The molecule has 1 aromatic rings. The third-order valence-corrected chi connectivity index (χ3v) is 3.84. The van der Waals surface area contributed by atoms with Crippen LogP contribution in [0.4, 0.5) is 5.82 Å². The van der Waals surface area contributed by atoms with Crippen LogP contribution >= 0.6 is 0 Å². The standard InChI is InChI=1S/C14H21N3O/c1-4-14(6-5-7-14)17-13(18)11-8-10(2)16-12(9-11)15-3/h8-9H,4-7H2,1-3H3,(H,15,16)(H,17,18). The third-order valence-electron chi connectivity index (χ3n) is 3.84. The molecular formula is C14H21N3O. The molecule has 1 aliphatic rings. The van der Waals surface area contributed by atoms with Crippen molar-refractivity contribution in [3.63, 3.8) is 0 Å². The third kappa shape index (κ3) is 2.47. The van der Waals surface area contributed by atoms with Gasteiger partial charge in [-0.2, -0.15) is 0 Å². The number of carbonyl (C=O) groups excluding carboxylic acids is 1. The lowest BCUT2D eigenvalue weighted by atomic mass is 9.74. The summed E-state index contributed by atoms with van der Waals surface area (Å²) in [6.45, 7) is 4.03. The summed E-state index contributed by atoms with van der Waals surface area (Å²) in [5, 5.41) is 6.16. The van der Waals surface area contributed by atoms with E-state index in [1.54, 1.807) is 6.07 Å². The monoisotopic (exact) mass is 247 g/mol. The number of nitrogens with zero attached hydrogens (tertiary/aromatic N) is 1. The number of carbonyl (C=O) groups is 1. The van der Waals surface area contributed by atoms with Crippen molar-refractivity contribution < 1.29 is 4.79 Å². The lowest BCUT2D eigenvalue weighted by Crippen LogP contribution is -2.53. The largest absolute Gasteiger partial charge is 0.373 e. The van der Waals surface area contributed by atoms with Gasteiger partial charge in [-0.05, 0) is 44.7 Å². The van der Waals surface area contributed by atoms with E-state index in [1.807, 2.05) is 20.0 Å². The summed E-state index contributed by atoms with van der Waals surface area (Å²) in [6.07, 6.45) is 4.41.